The Morgan fingerprint density at radius 1 is 1.30 bits per heavy atom. The van der Waals surface area contributed by atoms with Crippen LogP contribution in [0.1, 0.15) is 63.7 Å². The van der Waals surface area contributed by atoms with Gasteiger partial charge in [-0.05, 0) is 49.0 Å². The molecule has 1 aromatic heterocycles. The molecule has 0 bridgehead atoms. The molecule has 7 nitrogen and oxygen atoms in total. The van der Waals surface area contributed by atoms with Crippen molar-refractivity contribution in [3.8, 4) is 0 Å². The van der Waals surface area contributed by atoms with Crippen LogP contribution >= 0.6 is 0 Å². The minimum atomic E-state index is -1.31. The molecule has 2 atom stereocenters. The highest BCUT2D eigenvalue weighted by Gasteiger charge is 2.29. The number of nitrogens with one attached hydrogen (secondary N) is 1. The van der Waals surface area contributed by atoms with Gasteiger partial charge in [0.25, 0.3) is 0 Å². The topological polar surface area (TPSA) is 89.8 Å². The van der Waals surface area contributed by atoms with Gasteiger partial charge < -0.3 is 5.32 Å². The first-order valence-electron chi connectivity index (χ1n) is 8.56. The highest BCUT2D eigenvalue weighted by atomic mass is 32.2. The second-order valence-corrected chi connectivity index (χ2v) is 8.44. The van der Waals surface area contributed by atoms with E-state index in [0.29, 0.717) is 24.3 Å². The van der Waals surface area contributed by atoms with Gasteiger partial charge >= 0.3 is 0 Å². The summed E-state index contributed by atoms with van der Waals surface area (Å²) in [6, 6.07) is 0.354. The van der Waals surface area contributed by atoms with Gasteiger partial charge in [-0.3, -0.25) is 9.00 Å². The Bertz CT molecular complexity index is 566. The van der Waals surface area contributed by atoms with Crippen LogP contribution in [0.5, 0.6) is 0 Å². The molecule has 2 aliphatic carbocycles. The highest BCUT2D eigenvalue weighted by molar-refractivity contribution is 7.85. The Hall–Kier alpha value is -1.31. The zero-order valence-electron chi connectivity index (χ0n) is 13.6. The van der Waals surface area contributed by atoms with Gasteiger partial charge in [0, 0.05) is 17.3 Å². The SMILES string of the molecule is C[C@@H](C(=O)NCC1CCCCC1)[S@@](=O)Cc1nnnn1C1CC1. The van der Waals surface area contributed by atoms with Crippen LogP contribution in [0, 0.1) is 5.92 Å². The fraction of sp³-hybridized carbons (Fsp3) is 0.867. The summed E-state index contributed by atoms with van der Waals surface area (Å²) < 4.78 is 14.2. The summed E-state index contributed by atoms with van der Waals surface area (Å²) in [7, 11) is -1.31. The van der Waals surface area contributed by atoms with Crippen molar-refractivity contribution in [1.82, 2.24) is 25.5 Å². The number of amides is 1. The largest absolute Gasteiger partial charge is 0.355 e. The molecule has 2 saturated carbocycles. The Morgan fingerprint density at radius 3 is 2.74 bits per heavy atom. The molecule has 8 heteroatoms. The molecule has 1 aromatic rings. The predicted molar refractivity (Wildman–Crippen MR) is 87.0 cm³/mol. The minimum Gasteiger partial charge on any atom is -0.355 e. The summed E-state index contributed by atoms with van der Waals surface area (Å²) >= 11 is 0. The Morgan fingerprint density at radius 2 is 2.04 bits per heavy atom. The van der Waals surface area contributed by atoms with Crippen LogP contribution < -0.4 is 5.32 Å². The molecule has 1 amide bonds. The van der Waals surface area contributed by atoms with E-state index in [1.54, 1.807) is 11.6 Å². The first-order valence-corrected chi connectivity index (χ1v) is 9.95. The Labute approximate surface area is 139 Å². The van der Waals surface area contributed by atoms with Crippen molar-refractivity contribution in [2.24, 2.45) is 5.92 Å². The maximum Gasteiger partial charge on any atom is 0.235 e. The minimum absolute atomic E-state index is 0.126. The van der Waals surface area contributed by atoms with Crippen LogP contribution in [0.25, 0.3) is 0 Å². The first-order chi connectivity index (χ1) is 11.1. The van der Waals surface area contributed by atoms with Crippen LogP contribution in [0.2, 0.25) is 0 Å². The molecular weight excluding hydrogens is 314 g/mol. The second kappa shape index (κ2) is 7.51. The zero-order valence-corrected chi connectivity index (χ0v) is 14.4. The lowest BCUT2D eigenvalue weighted by atomic mass is 9.89. The van der Waals surface area contributed by atoms with Crippen LogP contribution in [0.4, 0.5) is 0 Å². The summed E-state index contributed by atoms with van der Waals surface area (Å²) in [6.07, 6.45) is 8.34. The number of nitrogens with zero attached hydrogens (tertiary/aromatic N) is 4. The first kappa shape index (κ1) is 16.5. The van der Waals surface area contributed by atoms with Gasteiger partial charge in [0.05, 0.1) is 11.8 Å². The van der Waals surface area contributed by atoms with Crippen molar-refractivity contribution in [2.45, 2.75) is 68.9 Å². The van der Waals surface area contributed by atoms with Crippen molar-refractivity contribution in [3.63, 3.8) is 0 Å². The number of carbonyl (C=O) groups is 1. The van der Waals surface area contributed by atoms with Crippen LogP contribution in [0.3, 0.4) is 0 Å². The van der Waals surface area contributed by atoms with Gasteiger partial charge in [-0.2, -0.15) is 0 Å². The maximum absolute atomic E-state index is 12.4. The van der Waals surface area contributed by atoms with E-state index < -0.39 is 16.0 Å². The summed E-state index contributed by atoms with van der Waals surface area (Å²) in [5, 5.41) is 14.0. The summed E-state index contributed by atoms with van der Waals surface area (Å²) in [4.78, 5) is 12.2. The molecule has 23 heavy (non-hydrogen) atoms. The fourth-order valence-corrected chi connectivity index (χ4v) is 4.08. The number of hydrogen-bond donors (Lipinski definition) is 1. The standard InChI is InChI=1S/C15H25N5O2S/c1-11(15(21)16-9-12-5-3-2-4-6-12)23(22)10-14-17-18-19-20(14)13-7-8-13/h11-13H,2-10H2,1H3,(H,16,21)/t11-,23-/m0/s1. The van der Waals surface area contributed by atoms with E-state index in [4.69, 9.17) is 0 Å². The molecule has 2 fully saturated rings. The molecule has 128 valence electrons. The average Bonchev–Trinajstić information content (AvgIpc) is 3.32. The van der Waals surface area contributed by atoms with E-state index in [1.165, 1.54) is 32.1 Å². The third kappa shape index (κ3) is 4.37. The molecule has 1 N–H and O–H groups in total. The van der Waals surface area contributed by atoms with E-state index in [9.17, 15) is 9.00 Å². The number of carbonyl (C=O) groups excluding carboxylic acids is 1. The highest BCUT2D eigenvalue weighted by Crippen LogP contribution is 2.34. The van der Waals surface area contributed by atoms with Gasteiger partial charge in [0.1, 0.15) is 5.25 Å². The molecule has 1 heterocycles. The Kier molecular flexibility index (Phi) is 5.40. The molecule has 0 radical (unpaired) electrons. The molecule has 0 aromatic carbocycles. The molecule has 2 aliphatic rings. The lowest BCUT2D eigenvalue weighted by Gasteiger charge is -2.22. The third-order valence-electron chi connectivity index (χ3n) is 4.78. The van der Waals surface area contributed by atoms with Gasteiger partial charge in [0.2, 0.25) is 5.91 Å². The Balaban J connectivity index is 1.47. The lowest BCUT2D eigenvalue weighted by Crippen LogP contribution is -2.39. The van der Waals surface area contributed by atoms with E-state index in [1.807, 2.05) is 0 Å². The molecular formula is C15H25N5O2S. The van der Waals surface area contributed by atoms with Gasteiger partial charge in [0.15, 0.2) is 5.82 Å². The van der Waals surface area contributed by atoms with Crippen molar-refractivity contribution in [2.75, 3.05) is 6.54 Å². The van der Waals surface area contributed by atoms with Crippen molar-refractivity contribution in [1.29, 1.82) is 0 Å². The summed E-state index contributed by atoms with van der Waals surface area (Å²) in [5.41, 5.74) is 0. The van der Waals surface area contributed by atoms with E-state index >= 15 is 0 Å². The van der Waals surface area contributed by atoms with Crippen molar-refractivity contribution in [3.05, 3.63) is 5.82 Å². The van der Waals surface area contributed by atoms with Gasteiger partial charge in [-0.15, -0.1) is 5.10 Å². The van der Waals surface area contributed by atoms with Crippen LogP contribution in [-0.4, -0.2) is 42.1 Å². The average molecular weight is 339 g/mol. The predicted octanol–water partition coefficient (Wildman–Crippen LogP) is 1.34. The number of rotatable bonds is 7. The molecule has 0 aliphatic heterocycles. The second-order valence-electron chi connectivity index (χ2n) is 6.69. The molecule has 0 unspecified atom stereocenters. The fourth-order valence-electron chi connectivity index (χ4n) is 3.06. The van der Waals surface area contributed by atoms with Crippen molar-refractivity contribution < 1.29 is 9.00 Å². The maximum atomic E-state index is 12.4. The lowest BCUT2D eigenvalue weighted by molar-refractivity contribution is -0.120. The van der Waals surface area contributed by atoms with Gasteiger partial charge in [-0.1, -0.05) is 19.3 Å². The molecule has 3 rings (SSSR count). The third-order valence-corrected chi connectivity index (χ3v) is 6.32. The van der Waals surface area contributed by atoms with Crippen molar-refractivity contribution >= 4 is 16.7 Å². The zero-order chi connectivity index (χ0) is 16.2. The number of hydrogen-bond acceptors (Lipinski definition) is 5. The van der Waals surface area contributed by atoms with Crippen LogP contribution in [0.15, 0.2) is 0 Å². The van der Waals surface area contributed by atoms with Gasteiger partial charge in [-0.25, -0.2) is 4.68 Å². The van der Waals surface area contributed by atoms with Crippen LogP contribution in [-0.2, 0) is 21.3 Å². The quantitative estimate of drug-likeness (QED) is 0.810. The monoisotopic (exact) mass is 339 g/mol. The van der Waals surface area contributed by atoms with E-state index in [2.05, 4.69) is 20.8 Å². The molecule has 0 spiro atoms. The van der Waals surface area contributed by atoms with E-state index in [0.717, 1.165) is 12.8 Å². The smallest absolute Gasteiger partial charge is 0.235 e. The van der Waals surface area contributed by atoms with E-state index in [-0.39, 0.29) is 11.7 Å². The normalized spacial score (nSPS) is 21.8. The summed E-state index contributed by atoms with van der Waals surface area (Å²) in [5.74, 6) is 1.31. The number of tetrazole rings is 1. The molecule has 0 saturated heterocycles. The number of aromatic nitrogens is 4. The summed E-state index contributed by atoms with van der Waals surface area (Å²) in [6.45, 7) is 2.43.